The average Bonchev–Trinajstić information content (AvgIpc) is 2.48. The number of hydrogen-bond donors (Lipinski definition) is 1. The summed E-state index contributed by atoms with van der Waals surface area (Å²) in [6, 6.07) is 16.4. The van der Waals surface area contributed by atoms with Gasteiger partial charge in [0, 0.05) is 12.0 Å². The van der Waals surface area contributed by atoms with Gasteiger partial charge in [-0.1, -0.05) is 79.5 Å². The molecule has 0 bridgehead atoms. The molecule has 2 unspecified atom stereocenters. The van der Waals surface area contributed by atoms with E-state index in [4.69, 9.17) is 23.2 Å². The Morgan fingerprint density at radius 1 is 1.00 bits per heavy atom. The van der Waals surface area contributed by atoms with E-state index in [0.717, 1.165) is 12.1 Å². The molecule has 2 rings (SSSR count). The fraction of sp³-hybridized carbons (Fsp3) is 0.294. The number of benzene rings is 2. The lowest BCUT2D eigenvalue weighted by Crippen LogP contribution is -2.26. The molecule has 2 atom stereocenters. The fourth-order valence-electron chi connectivity index (χ4n) is 2.49. The third kappa shape index (κ3) is 3.35. The molecule has 0 saturated heterocycles. The molecule has 0 radical (unpaired) electrons. The van der Waals surface area contributed by atoms with Crippen LogP contribution in [0, 0.1) is 0 Å². The quantitative estimate of drug-likeness (QED) is 0.774. The zero-order valence-electron chi connectivity index (χ0n) is 11.7. The minimum absolute atomic E-state index is 0.147. The van der Waals surface area contributed by atoms with Crippen LogP contribution in [0.2, 0.25) is 10.0 Å². The second-order valence-corrected chi connectivity index (χ2v) is 5.66. The summed E-state index contributed by atoms with van der Waals surface area (Å²) in [6.45, 7) is 5.19. The van der Waals surface area contributed by atoms with E-state index >= 15 is 0 Å². The van der Waals surface area contributed by atoms with Gasteiger partial charge >= 0.3 is 0 Å². The maximum atomic E-state index is 6.38. The molecule has 0 aromatic heterocycles. The minimum atomic E-state index is 0.147. The molecule has 20 heavy (non-hydrogen) atoms. The predicted molar refractivity (Wildman–Crippen MR) is 87.7 cm³/mol. The molecule has 0 heterocycles. The molecule has 1 nitrogen and oxygen atoms in total. The van der Waals surface area contributed by atoms with Crippen LogP contribution in [-0.2, 0) is 0 Å². The van der Waals surface area contributed by atoms with Crippen LogP contribution in [0.3, 0.4) is 0 Å². The van der Waals surface area contributed by atoms with Gasteiger partial charge in [-0.15, -0.1) is 0 Å². The van der Waals surface area contributed by atoms with Crippen molar-refractivity contribution in [1.29, 1.82) is 0 Å². The van der Waals surface area contributed by atoms with Crippen LogP contribution in [0.15, 0.2) is 48.5 Å². The monoisotopic (exact) mass is 307 g/mol. The first-order chi connectivity index (χ1) is 9.65. The first kappa shape index (κ1) is 15.4. The van der Waals surface area contributed by atoms with Crippen LogP contribution < -0.4 is 5.32 Å². The zero-order valence-corrected chi connectivity index (χ0v) is 13.2. The summed E-state index contributed by atoms with van der Waals surface area (Å²) in [5.41, 5.74) is 2.34. The Balaban J connectivity index is 2.38. The Morgan fingerprint density at radius 3 is 2.35 bits per heavy atom. The van der Waals surface area contributed by atoms with Gasteiger partial charge in [0.1, 0.15) is 0 Å². The maximum Gasteiger partial charge on any atom is 0.0640 e. The average molecular weight is 308 g/mol. The smallest absolute Gasteiger partial charge is 0.0640 e. The molecule has 106 valence electrons. The summed E-state index contributed by atoms with van der Waals surface area (Å²) in [4.78, 5) is 0. The topological polar surface area (TPSA) is 12.0 Å². The number of likely N-dealkylation sites (N-methyl/N-ethyl adjacent to an activating group) is 1. The number of rotatable bonds is 5. The second kappa shape index (κ2) is 7.12. The van der Waals surface area contributed by atoms with Gasteiger partial charge in [0.05, 0.1) is 10.0 Å². The van der Waals surface area contributed by atoms with Crippen molar-refractivity contribution in [2.24, 2.45) is 0 Å². The Labute approximate surface area is 130 Å². The van der Waals surface area contributed by atoms with Crippen molar-refractivity contribution in [1.82, 2.24) is 5.32 Å². The summed E-state index contributed by atoms with van der Waals surface area (Å²) in [5, 5.41) is 4.77. The Bertz CT molecular complexity index is 554. The number of nitrogens with one attached hydrogen (secondary N) is 1. The van der Waals surface area contributed by atoms with Crippen LogP contribution >= 0.6 is 23.2 Å². The van der Waals surface area contributed by atoms with Crippen LogP contribution in [0.1, 0.15) is 36.9 Å². The Kier molecular flexibility index (Phi) is 5.47. The van der Waals surface area contributed by atoms with E-state index in [-0.39, 0.29) is 6.04 Å². The first-order valence-corrected chi connectivity index (χ1v) is 7.63. The number of halogens is 2. The van der Waals surface area contributed by atoms with Crippen LogP contribution in [0.4, 0.5) is 0 Å². The van der Waals surface area contributed by atoms with Crippen LogP contribution in [-0.4, -0.2) is 6.54 Å². The summed E-state index contributed by atoms with van der Waals surface area (Å²) < 4.78 is 0. The molecular weight excluding hydrogens is 289 g/mol. The molecule has 0 amide bonds. The molecular formula is C17H19Cl2N. The summed E-state index contributed by atoms with van der Waals surface area (Å²) in [5.74, 6) is 0.312. The summed E-state index contributed by atoms with van der Waals surface area (Å²) >= 11 is 12.5. The molecule has 0 saturated carbocycles. The largest absolute Gasteiger partial charge is 0.310 e. The van der Waals surface area contributed by atoms with E-state index in [1.54, 1.807) is 0 Å². The molecule has 1 N–H and O–H groups in total. The van der Waals surface area contributed by atoms with E-state index in [1.807, 2.05) is 24.3 Å². The molecule has 2 aromatic rings. The molecule has 3 heteroatoms. The minimum Gasteiger partial charge on any atom is -0.310 e. The lowest BCUT2D eigenvalue weighted by atomic mass is 9.88. The third-order valence-electron chi connectivity index (χ3n) is 3.57. The van der Waals surface area contributed by atoms with Crippen molar-refractivity contribution in [2.75, 3.05) is 6.54 Å². The van der Waals surface area contributed by atoms with Gasteiger partial charge in [0.15, 0.2) is 0 Å². The van der Waals surface area contributed by atoms with Crippen molar-refractivity contribution >= 4 is 23.2 Å². The lowest BCUT2D eigenvalue weighted by molar-refractivity contribution is 0.479. The summed E-state index contributed by atoms with van der Waals surface area (Å²) in [7, 11) is 0. The normalized spacial score (nSPS) is 14.0. The Hall–Kier alpha value is -1.02. The van der Waals surface area contributed by atoms with E-state index in [1.165, 1.54) is 5.56 Å². The lowest BCUT2D eigenvalue weighted by Gasteiger charge is -2.27. The molecule has 0 fully saturated rings. The standard InChI is InChI=1S/C17H19Cl2N/c1-3-20-17(12(2)13-8-5-4-6-9-13)14-10-7-11-15(18)16(14)19/h4-12,17,20H,3H2,1-2H3. The molecule has 0 aliphatic carbocycles. The molecule has 0 aliphatic rings. The zero-order chi connectivity index (χ0) is 14.5. The molecule has 0 spiro atoms. The highest BCUT2D eigenvalue weighted by atomic mass is 35.5. The van der Waals surface area contributed by atoms with Crippen molar-refractivity contribution in [3.8, 4) is 0 Å². The van der Waals surface area contributed by atoms with Crippen molar-refractivity contribution < 1.29 is 0 Å². The van der Waals surface area contributed by atoms with Gasteiger partial charge in [0.2, 0.25) is 0 Å². The highest BCUT2D eigenvalue weighted by molar-refractivity contribution is 6.42. The van der Waals surface area contributed by atoms with E-state index in [0.29, 0.717) is 16.0 Å². The highest BCUT2D eigenvalue weighted by Crippen LogP contribution is 2.37. The fourth-order valence-corrected chi connectivity index (χ4v) is 2.91. The van der Waals surface area contributed by atoms with Gasteiger partial charge in [-0.3, -0.25) is 0 Å². The SMILES string of the molecule is CCNC(c1cccc(Cl)c1Cl)C(C)c1ccccc1. The van der Waals surface area contributed by atoms with E-state index in [2.05, 4.69) is 43.4 Å². The van der Waals surface area contributed by atoms with E-state index < -0.39 is 0 Å². The van der Waals surface area contributed by atoms with Crippen molar-refractivity contribution in [3.05, 3.63) is 69.7 Å². The van der Waals surface area contributed by atoms with Crippen LogP contribution in [0.5, 0.6) is 0 Å². The predicted octanol–water partition coefficient (Wildman–Crippen LogP) is 5.45. The van der Waals surface area contributed by atoms with Gasteiger partial charge < -0.3 is 5.32 Å². The van der Waals surface area contributed by atoms with Crippen molar-refractivity contribution in [2.45, 2.75) is 25.8 Å². The number of hydrogen-bond acceptors (Lipinski definition) is 1. The van der Waals surface area contributed by atoms with Gasteiger partial charge in [-0.25, -0.2) is 0 Å². The van der Waals surface area contributed by atoms with Crippen LogP contribution in [0.25, 0.3) is 0 Å². The maximum absolute atomic E-state index is 6.38. The van der Waals surface area contributed by atoms with Gasteiger partial charge in [-0.2, -0.15) is 0 Å². The summed E-state index contributed by atoms with van der Waals surface area (Å²) in [6.07, 6.45) is 0. The van der Waals surface area contributed by atoms with Gasteiger partial charge in [0.25, 0.3) is 0 Å². The third-order valence-corrected chi connectivity index (χ3v) is 4.40. The van der Waals surface area contributed by atoms with Crippen molar-refractivity contribution in [3.63, 3.8) is 0 Å². The van der Waals surface area contributed by atoms with E-state index in [9.17, 15) is 0 Å². The highest BCUT2D eigenvalue weighted by Gasteiger charge is 2.22. The van der Waals surface area contributed by atoms with Gasteiger partial charge in [-0.05, 0) is 23.7 Å². The molecule has 0 aliphatic heterocycles. The molecule has 2 aromatic carbocycles. The Morgan fingerprint density at radius 2 is 1.70 bits per heavy atom. The first-order valence-electron chi connectivity index (χ1n) is 6.87. The second-order valence-electron chi connectivity index (χ2n) is 4.88.